The molecule has 0 saturated carbocycles. The minimum Gasteiger partial charge on any atom is -0.358 e. The minimum absolute atomic E-state index is 0.113. The van der Waals surface area contributed by atoms with Crippen molar-refractivity contribution in [2.24, 2.45) is 0 Å². The van der Waals surface area contributed by atoms with Crippen LogP contribution in [0.2, 0.25) is 5.02 Å². The second-order valence-electron chi connectivity index (χ2n) is 6.77. The summed E-state index contributed by atoms with van der Waals surface area (Å²) in [5.74, 6) is -0.148. The first-order chi connectivity index (χ1) is 13.5. The number of nitrogens with one attached hydrogen (secondary N) is 1. The average molecular weight is 402 g/mol. The molecule has 3 rings (SSSR count). The molecule has 28 heavy (non-hydrogen) atoms. The van der Waals surface area contributed by atoms with Gasteiger partial charge in [-0.25, -0.2) is 4.79 Å². The van der Waals surface area contributed by atoms with Crippen LogP contribution in [0.3, 0.4) is 0 Å². The van der Waals surface area contributed by atoms with E-state index in [1.165, 1.54) is 4.90 Å². The number of amides is 3. The van der Waals surface area contributed by atoms with E-state index in [4.69, 9.17) is 16.3 Å². The van der Waals surface area contributed by atoms with E-state index in [0.29, 0.717) is 18.1 Å². The van der Waals surface area contributed by atoms with Gasteiger partial charge in [0.2, 0.25) is 5.91 Å². The number of benzene rings is 2. The molecule has 1 heterocycles. The third-order valence-electron chi connectivity index (χ3n) is 4.67. The van der Waals surface area contributed by atoms with Crippen molar-refractivity contribution in [2.45, 2.75) is 19.0 Å². The van der Waals surface area contributed by atoms with Crippen molar-refractivity contribution in [3.05, 3.63) is 70.7 Å². The lowest BCUT2D eigenvalue weighted by Crippen LogP contribution is -2.51. The molecule has 1 fully saturated rings. The SMILES string of the molecule is CN(Cc1ccc(Cl)cc1)C(=O)C1COCN1C(=O)NCCc1ccccc1. The topological polar surface area (TPSA) is 61.9 Å². The van der Waals surface area contributed by atoms with Gasteiger partial charge in [-0.2, -0.15) is 0 Å². The normalized spacial score (nSPS) is 16.1. The molecule has 0 radical (unpaired) electrons. The molecule has 1 aliphatic heterocycles. The Bertz CT molecular complexity index is 798. The second kappa shape index (κ2) is 9.57. The van der Waals surface area contributed by atoms with E-state index in [-0.39, 0.29) is 25.3 Å². The maximum Gasteiger partial charge on any atom is 0.320 e. The average Bonchev–Trinajstić information content (AvgIpc) is 3.20. The largest absolute Gasteiger partial charge is 0.358 e. The number of hydrogen-bond acceptors (Lipinski definition) is 3. The Balaban J connectivity index is 1.52. The molecular weight excluding hydrogens is 378 g/mol. The van der Waals surface area contributed by atoms with Crippen LogP contribution < -0.4 is 5.32 Å². The number of nitrogens with zero attached hydrogens (tertiary/aromatic N) is 2. The number of likely N-dealkylation sites (N-methyl/N-ethyl adjacent to an activating group) is 1. The molecule has 0 aromatic heterocycles. The van der Waals surface area contributed by atoms with Gasteiger partial charge in [0.1, 0.15) is 12.8 Å². The summed E-state index contributed by atoms with van der Waals surface area (Å²) >= 11 is 5.90. The second-order valence-corrected chi connectivity index (χ2v) is 7.21. The summed E-state index contributed by atoms with van der Waals surface area (Å²) in [5.41, 5.74) is 2.12. The number of carbonyl (C=O) groups excluding carboxylic acids is 2. The molecule has 1 N–H and O–H groups in total. The molecule has 1 atom stereocenters. The highest BCUT2D eigenvalue weighted by Gasteiger charge is 2.36. The van der Waals surface area contributed by atoms with Crippen LogP contribution in [0.4, 0.5) is 4.79 Å². The summed E-state index contributed by atoms with van der Waals surface area (Å²) < 4.78 is 5.39. The van der Waals surface area contributed by atoms with Gasteiger partial charge < -0.3 is 15.0 Å². The van der Waals surface area contributed by atoms with Crippen molar-refractivity contribution in [1.29, 1.82) is 0 Å². The Morgan fingerprint density at radius 1 is 1.14 bits per heavy atom. The zero-order chi connectivity index (χ0) is 19.9. The fourth-order valence-corrected chi connectivity index (χ4v) is 3.23. The fraction of sp³-hybridized carbons (Fsp3) is 0.333. The molecule has 3 amide bonds. The molecule has 1 unspecified atom stereocenters. The monoisotopic (exact) mass is 401 g/mol. The summed E-state index contributed by atoms with van der Waals surface area (Å²) in [6, 6.07) is 16.4. The van der Waals surface area contributed by atoms with E-state index < -0.39 is 6.04 Å². The summed E-state index contributed by atoms with van der Waals surface area (Å²) in [6.07, 6.45) is 0.732. The summed E-state index contributed by atoms with van der Waals surface area (Å²) in [7, 11) is 1.72. The van der Waals surface area contributed by atoms with Crippen molar-refractivity contribution in [3.8, 4) is 0 Å². The molecule has 2 aromatic rings. The molecule has 1 saturated heterocycles. The minimum atomic E-state index is -0.617. The van der Waals surface area contributed by atoms with Gasteiger partial charge in [-0.15, -0.1) is 0 Å². The highest BCUT2D eigenvalue weighted by Crippen LogP contribution is 2.15. The Morgan fingerprint density at radius 3 is 2.57 bits per heavy atom. The molecule has 0 aliphatic carbocycles. The summed E-state index contributed by atoms with van der Waals surface area (Å²) in [6.45, 7) is 1.26. The lowest BCUT2D eigenvalue weighted by molar-refractivity contribution is -0.134. The predicted molar refractivity (Wildman–Crippen MR) is 108 cm³/mol. The van der Waals surface area contributed by atoms with Crippen molar-refractivity contribution in [2.75, 3.05) is 26.9 Å². The van der Waals surface area contributed by atoms with E-state index in [1.807, 2.05) is 42.5 Å². The van der Waals surface area contributed by atoms with E-state index in [0.717, 1.165) is 17.5 Å². The van der Waals surface area contributed by atoms with E-state index >= 15 is 0 Å². The maximum atomic E-state index is 12.8. The highest BCUT2D eigenvalue weighted by molar-refractivity contribution is 6.30. The third-order valence-corrected chi connectivity index (χ3v) is 4.92. The lowest BCUT2D eigenvalue weighted by atomic mass is 10.1. The third kappa shape index (κ3) is 5.24. The summed E-state index contributed by atoms with van der Waals surface area (Å²) in [4.78, 5) is 28.4. The van der Waals surface area contributed by atoms with Gasteiger partial charge in [0.15, 0.2) is 0 Å². The van der Waals surface area contributed by atoms with E-state index in [9.17, 15) is 9.59 Å². The van der Waals surface area contributed by atoms with Crippen LogP contribution in [0, 0.1) is 0 Å². The molecule has 0 bridgehead atoms. The van der Waals surface area contributed by atoms with Gasteiger partial charge in [-0.3, -0.25) is 9.69 Å². The molecule has 2 aromatic carbocycles. The van der Waals surface area contributed by atoms with Gasteiger partial charge in [0.25, 0.3) is 0 Å². The number of urea groups is 1. The Hall–Kier alpha value is -2.57. The predicted octanol–water partition coefficient (Wildman–Crippen LogP) is 2.91. The van der Waals surface area contributed by atoms with E-state index in [2.05, 4.69) is 5.32 Å². The van der Waals surface area contributed by atoms with Crippen LogP contribution in [0.5, 0.6) is 0 Å². The van der Waals surface area contributed by atoms with Crippen LogP contribution in [-0.2, 0) is 22.5 Å². The smallest absolute Gasteiger partial charge is 0.320 e. The zero-order valence-corrected chi connectivity index (χ0v) is 16.6. The number of ether oxygens (including phenoxy) is 1. The Kier molecular flexibility index (Phi) is 6.90. The highest BCUT2D eigenvalue weighted by atomic mass is 35.5. The van der Waals surface area contributed by atoms with Crippen molar-refractivity contribution in [1.82, 2.24) is 15.1 Å². The first kappa shape index (κ1) is 20.2. The summed E-state index contributed by atoms with van der Waals surface area (Å²) in [5, 5.41) is 3.53. The first-order valence-corrected chi connectivity index (χ1v) is 9.58. The van der Waals surface area contributed by atoms with Crippen LogP contribution in [0.1, 0.15) is 11.1 Å². The Labute approximate surface area is 170 Å². The van der Waals surface area contributed by atoms with Gasteiger partial charge in [-0.1, -0.05) is 54.1 Å². The van der Waals surface area contributed by atoms with Crippen LogP contribution in [0.25, 0.3) is 0 Å². The zero-order valence-electron chi connectivity index (χ0n) is 15.8. The molecule has 0 spiro atoms. The standard InChI is InChI=1S/C21H24ClN3O3/c1-24(13-17-7-9-18(22)10-8-17)20(26)19-14-28-15-25(19)21(27)23-12-11-16-5-3-2-4-6-16/h2-10,19H,11-15H2,1H3,(H,23,27). The molecule has 7 heteroatoms. The van der Waals surface area contributed by atoms with Crippen molar-refractivity contribution >= 4 is 23.5 Å². The van der Waals surface area contributed by atoms with Gasteiger partial charge in [0.05, 0.1) is 6.61 Å². The molecular formula is C21H24ClN3O3. The van der Waals surface area contributed by atoms with Crippen molar-refractivity contribution in [3.63, 3.8) is 0 Å². The quantitative estimate of drug-likeness (QED) is 0.809. The Morgan fingerprint density at radius 2 is 1.86 bits per heavy atom. The van der Waals surface area contributed by atoms with Gasteiger partial charge >= 0.3 is 6.03 Å². The molecule has 148 valence electrons. The lowest BCUT2D eigenvalue weighted by Gasteiger charge is -2.26. The van der Waals surface area contributed by atoms with Crippen LogP contribution in [0.15, 0.2) is 54.6 Å². The number of hydrogen-bond donors (Lipinski definition) is 1. The van der Waals surface area contributed by atoms with Gasteiger partial charge in [-0.05, 0) is 29.7 Å². The van der Waals surface area contributed by atoms with Crippen LogP contribution >= 0.6 is 11.6 Å². The molecule has 1 aliphatic rings. The molecule has 6 nitrogen and oxygen atoms in total. The van der Waals surface area contributed by atoms with Gasteiger partial charge in [0, 0.05) is 25.2 Å². The van der Waals surface area contributed by atoms with Crippen molar-refractivity contribution < 1.29 is 14.3 Å². The van der Waals surface area contributed by atoms with Crippen LogP contribution in [-0.4, -0.2) is 54.7 Å². The number of rotatable bonds is 6. The fourth-order valence-electron chi connectivity index (χ4n) is 3.10. The number of halogens is 1. The maximum absolute atomic E-state index is 12.8. The number of carbonyl (C=O) groups is 2. The first-order valence-electron chi connectivity index (χ1n) is 9.20. The van der Waals surface area contributed by atoms with E-state index in [1.54, 1.807) is 24.1 Å².